The lowest BCUT2D eigenvalue weighted by atomic mass is 10.1. The molecule has 1 N–H and O–H groups in total. The number of alkyl halides is 2. The molecule has 0 atom stereocenters. The van der Waals surface area contributed by atoms with Crippen molar-refractivity contribution in [3.63, 3.8) is 0 Å². The summed E-state index contributed by atoms with van der Waals surface area (Å²) in [6.07, 6.45) is 0. The minimum absolute atomic E-state index is 0.220. The van der Waals surface area contributed by atoms with E-state index in [1.54, 1.807) is 24.3 Å². The second-order valence-electron chi connectivity index (χ2n) is 5.13. The maximum atomic E-state index is 12.7. The van der Waals surface area contributed by atoms with E-state index >= 15 is 0 Å². The maximum Gasteiger partial charge on any atom is 0.288 e. The third kappa shape index (κ3) is 4.24. The lowest BCUT2D eigenvalue weighted by molar-refractivity contribution is 0.102. The van der Waals surface area contributed by atoms with Crippen molar-refractivity contribution in [3.05, 3.63) is 64.5 Å². The van der Waals surface area contributed by atoms with Crippen LogP contribution in [0, 0.1) is 6.92 Å². The number of thiazole rings is 1. The first kappa shape index (κ1) is 17.6. The summed E-state index contributed by atoms with van der Waals surface area (Å²) >= 11 is 1.89. The smallest absolute Gasteiger partial charge is 0.288 e. The average Bonchev–Trinajstić information content (AvgIpc) is 3.01. The standard InChI is InChI=1S/C18H14F2N2OS2/c1-11-21-15(10-24-11)12-6-2-4-8-14(12)22-17(23)13-7-3-5-9-16(13)25-18(19)20/h2-10,18H,1H3,(H,22,23). The first-order valence-electron chi connectivity index (χ1n) is 7.41. The van der Waals surface area contributed by atoms with Crippen LogP contribution in [0.25, 0.3) is 11.3 Å². The van der Waals surface area contributed by atoms with Gasteiger partial charge in [-0.3, -0.25) is 4.79 Å². The van der Waals surface area contributed by atoms with Crippen molar-refractivity contribution in [3.8, 4) is 11.3 Å². The van der Waals surface area contributed by atoms with Crippen molar-refractivity contribution in [1.29, 1.82) is 0 Å². The third-order valence-corrected chi connectivity index (χ3v) is 4.98. The van der Waals surface area contributed by atoms with E-state index in [1.807, 2.05) is 24.4 Å². The Morgan fingerprint density at radius 2 is 1.88 bits per heavy atom. The number of carbonyl (C=O) groups is 1. The Hall–Kier alpha value is -2.25. The molecule has 3 nitrogen and oxygen atoms in total. The number of carbonyl (C=O) groups excluding carboxylic acids is 1. The molecule has 0 unspecified atom stereocenters. The van der Waals surface area contributed by atoms with Gasteiger partial charge in [-0.25, -0.2) is 4.98 Å². The SMILES string of the molecule is Cc1nc(-c2ccccc2NC(=O)c2ccccc2SC(F)F)cs1. The maximum absolute atomic E-state index is 12.7. The number of rotatable bonds is 5. The molecule has 1 aromatic heterocycles. The molecule has 3 rings (SSSR count). The molecule has 7 heteroatoms. The number of aryl methyl sites for hydroxylation is 1. The van der Waals surface area contributed by atoms with Gasteiger partial charge in [0.1, 0.15) is 0 Å². The molecule has 0 spiro atoms. The highest BCUT2D eigenvalue weighted by Crippen LogP contribution is 2.31. The zero-order chi connectivity index (χ0) is 17.8. The minimum Gasteiger partial charge on any atom is -0.321 e. The van der Waals surface area contributed by atoms with E-state index < -0.39 is 11.7 Å². The molecule has 0 saturated carbocycles. The molecule has 0 aliphatic heterocycles. The number of aromatic nitrogens is 1. The monoisotopic (exact) mass is 376 g/mol. The van der Waals surface area contributed by atoms with Gasteiger partial charge in [0.25, 0.3) is 11.7 Å². The van der Waals surface area contributed by atoms with E-state index in [9.17, 15) is 13.6 Å². The number of benzene rings is 2. The highest BCUT2D eigenvalue weighted by Gasteiger charge is 2.17. The van der Waals surface area contributed by atoms with Crippen molar-refractivity contribution in [2.24, 2.45) is 0 Å². The van der Waals surface area contributed by atoms with Gasteiger partial charge in [0.15, 0.2) is 0 Å². The molecule has 1 amide bonds. The Balaban J connectivity index is 1.90. The molecule has 0 saturated heterocycles. The molecule has 3 aromatic rings. The molecular weight excluding hydrogens is 362 g/mol. The number of nitrogens with one attached hydrogen (secondary N) is 1. The number of halogens is 2. The number of thioether (sulfide) groups is 1. The molecule has 0 aliphatic carbocycles. The highest BCUT2D eigenvalue weighted by molar-refractivity contribution is 7.99. The summed E-state index contributed by atoms with van der Waals surface area (Å²) in [5.41, 5.74) is 2.37. The number of amides is 1. The summed E-state index contributed by atoms with van der Waals surface area (Å²) < 4.78 is 25.4. The molecule has 0 aliphatic rings. The summed E-state index contributed by atoms with van der Waals surface area (Å²) in [6, 6.07) is 13.6. The fourth-order valence-electron chi connectivity index (χ4n) is 2.35. The number of hydrogen-bond donors (Lipinski definition) is 1. The summed E-state index contributed by atoms with van der Waals surface area (Å²) in [7, 11) is 0. The predicted octanol–water partition coefficient (Wildman–Crippen LogP) is 5.69. The second-order valence-corrected chi connectivity index (χ2v) is 7.22. The van der Waals surface area contributed by atoms with E-state index in [0.717, 1.165) is 16.3 Å². The molecule has 0 radical (unpaired) electrons. The van der Waals surface area contributed by atoms with Crippen LogP contribution in [0.3, 0.4) is 0 Å². The zero-order valence-electron chi connectivity index (χ0n) is 13.2. The van der Waals surface area contributed by atoms with Crippen molar-refractivity contribution in [2.75, 3.05) is 5.32 Å². The first-order chi connectivity index (χ1) is 12.0. The van der Waals surface area contributed by atoms with Crippen LogP contribution in [0.5, 0.6) is 0 Å². The van der Waals surface area contributed by atoms with E-state index in [1.165, 1.54) is 23.5 Å². The van der Waals surface area contributed by atoms with Crippen LogP contribution in [0.4, 0.5) is 14.5 Å². The molecule has 1 heterocycles. The van der Waals surface area contributed by atoms with E-state index in [-0.39, 0.29) is 10.5 Å². The van der Waals surface area contributed by atoms with Gasteiger partial charge in [-0.2, -0.15) is 8.78 Å². The van der Waals surface area contributed by atoms with Crippen LogP contribution in [0.1, 0.15) is 15.4 Å². The van der Waals surface area contributed by atoms with Gasteiger partial charge in [0, 0.05) is 15.8 Å². The topological polar surface area (TPSA) is 42.0 Å². The second kappa shape index (κ2) is 7.76. The molecule has 2 aromatic carbocycles. The summed E-state index contributed by atoms with van der Waals surface area (Å²) in [4.78, 5) is 17.3. The van der Waals surface area contributed by atoms with Gasteiger partial charge in [0.2, 0.25) is 0 Å². The Morgan fingerprint density at radius 1 is 1.16 bits per heavy atom. The summed E-state index contributed by atoms with van der Waals surface area (Å²) in [5.74, 6) is -3.01. The summed E-state index contributed by atoms with van der Waals surface area (Å²) in [5, 5.41) is 5.66. The largest absolute Gasteiger partial charge is 0.321 e. The lowest BCUT2D eigenvalue weighted by Crippen LogP contribution is -2.14. The van der Waals surface area contributed by atoms with Gasteiger partial charge in [-0.15, -0.1) is 11.3 Å². The zero-order valence-corrected chi connectivity index (χ0v) is 14.8. The quantitative estimate of drug-likeness (QED) is 0.582. The van der Waals surface area contributed by atoms with E-state index in [4.69, 9.17) is 0 Å². The van der Waals surface area contributed by atoms with Gasteiger partial charge >= 0.3 is 0 Å². The normalized spacial score (nSPS) is 10.9. The van der Waals surface area contributed by atoms with Gasteiger partial charge in [-0.1, -0.05) is 42.1 Å². The Morgan fingerprint density at radius 3 is 2.60 bits per heavy atom. The van der Waals surface area contributed by atoms with E-state index in [0.29, 0.717) is 17.4 Å². The van der Waals surface area contributed by atoms with Crippen LogP contribution < -0.4 is 5.32 Å². The minimum atomic E-state index is -2.58. The Bertz CT molecular complexity index is 896. The summed E-state index contributed by atoms with van der Waals surface area (Å²) in [6.45, 7) is 1.91. The Kier molecular flexibility index (Phi) is 5.45. The van der Waals surface area contributed by atoms with Gasteiger partial charge in [0.05, 0.1) is 22.0 Å². The lowest BCUT2D eigenvalue weighted by Gasteiger charge is -2.12. The van der Waals surface area contributed by atoms with Gasteiger partial charge in [-0.05, 0) is 25.1 Å². The van der Waals surface area contributed by atoms with Crippen molar-refractivity contribution < 1.29 is 13.6 Å². The fourth-order valence-corrected chi connectivity index (χ4v) is 3.59. The first-order valence-corrected chi connectivity index (χ1v) is 9.17. The van der Waals surface area contributed by atoms with Crippen LogP contribution in [-0.2, 0) is 0 Å². The molecule has 128 valence electrons. The Labute approximate surface area is 152 Å². The third-order valence-electron chi connectivity index (χ3n) is 3.42. The predicted molar refractivity (Wildman–Crippen MR) is 98.5 cm³/mol. The molecular formula is C18H14F2N2OS2. The van der Waals surface area contributed by atoms with Crippen LogP contribution in [0.15, 0.2) is 58.8 Å². The van der Waals surface area contributed by atoms with Crippen molar-refractivity contribution in [2.45, 2.75) is 17.6 Å². The molecule has 0 bridgehead atoms. The average molecular weight is 376 g/mol. The molecule has 0 fully saturated rings. The van der Waals surface area contributed by atoms with Crippen molar-refractivity contribution in [1.82, 2.24) is 4.98 Å². The van der Waals surface area contributed by atoms with Crippen LogP contribution in [-0.4, -0.2) is 16.6 Å². The highest BCUT2D eigenvalue weighted by atomic mass is 32.2. The number of anilines is 1. The van der Waals surface area contributed by atoms with E-state index in [2.05, 4.69) is 10.3 Å². The fraction of sp³-hybridized carbons (Fsp3) is 0.111. The molecule has 25 heavy (non-hydrogen) atoms. The van der Waals surface area contributed by atoms with Crippen molar-refractivity contribution >= 4 is 34.7 Å². The number of para-hydroxylation sites is 1. The number of hydrogen-bond acceptors (Lipinski definition) is 4. The van der Waals surface area contributed by atoms with Crippen LogP contribution >= 0.6 is 23.1 Å². The van der Waals surface area contributed by atoms with Crippen LogP contribution in [0.2, 0.25) is 0 Å². The number of nitrogens with zero attached hydrogens (tertiary/aromatic N) is 1. The van der Waals surface area contributed by atoms with Gasteiger partial charge < -0.3 is 5.32 Å².